The lowest BCUT2D eigenvalue weighted by molar-refractivity contribution is 1.34. The summed E-state index contributed by atoms with van der Waals surface area (Å²) in [6.45, 7) is 0. The number of hydrogen-bond acceptors (Lipinski definition) is 5. The molecule has 1 aromatic carbocycles. The first-order valence-electron chi connectivity index (χ1n) is 4.29. The molecule has 1 aromatic rings. The highest BCUT2D eigenvalue weighted by atomic mass is 79.9. The van der Waals surface area contributed by atoms with Crippen molar-refractivity contribution in [3.05, 3.63) is 28.7 Å². The third-order valence-electron chi connectivity index (χ3n) is 1.67. The lowest BCUT2D eigenvalue weighted by atomic mass is 10.3. The summed E-state index contributed by atoms with van der Waals surface area (Å²) in [6, 6.07) is 9.25. The molecule has 1 rings (SSSR count). The van der Waals surface area contributed by atoms with Gasteiger partial charge in [-0.1, -0.05) is 15.9 Å². The second kappa shape index (κ2) is 6.30. The highest BCUT2D eigenvalue weighted by Crippen LogP contribution is 2.14. The Bertz CT molecular complexity index is 447. The number of nitrogens with zero attached hydrogens (tertiary/aromatic N) is 2. The molecule has 0 atom stereocenters. The van der Waals surface area contributed by atoms with Crippen molar-refractivity contribution >= 4 is 44.1 Å². The summed E-state index contributed by atoms with van der Waals surface area (Å²) in [6.07, 6.45) is 1.73. The van der Waals surface area contributed by atoms with E-state index in [1.54, 1.807) is 6.26 Å². The third-order valence-corrected chi connectivity index (χ3v) is 2.80. The molecule has 0 fully saturated rings. The quantitative estimate of drug-likeness (QED) is 0.511. The van der Waals surface area contributed by atoms with Crippen molar-refractivity contribution in [2.24, 2.45) is 5.10 Å². The van der Waals surface area contributed by atoms with E-state index in [4.69, 9.17) is 10.7 Å². The van der Waals surface area contributed by atoms with Crippen molar-refractivity contribution < 1.29 is 0 Å². The predicted molar refractivity (Wildman–Crippen MR) is 72.1 cm³/mol. The van der Waals surface area contributed by atoms with Gasteiger partial charge in [-0.05, 0) is 30.5 Å². The molecule has 0 amide bonds. The Labute approximate surface area is 106 Å². The van der Waals surface area contributed by atoms with Crippen molar-refractivity contribution in [3.63, 3.8) is 0 Å². The fraction of sp³-hybridized carbons (Fsp3) is 0.100. The SMILES string of the molecule is CSC(=N)C(C#N)=NNc1ccc(Br)cc1. The molecule has 6 heteroatoms. The van der Waals surface area contributed by atoms with E-state index in [-0.39, 0.29) is 10.8 Å². The number of hydrazone groups is 1. The number of nitrogens with one attached hydrogen (secondary N) is 2. The molecule has 0 aromatic heterocycles. The maximum atomic E-state index is 8.77. The van der Waals surface area contributed by atoms with Crippen LogP contribution in [0.5, 0.6) is 0 Å². The Balaban J connectivity index is 2.75. The molecule has 0 saturated heterocycles. The van der Waals surface area contributed by atoms with E-state index in [1.807, 2.05) is 30.3 Å². The molecule has 0 saturated carbocycles. The Kier molecular flexibility index (Phi) is 5.02. The molecule has 0 radical (unpaired) electrons. The van der Waals surface area contributed by atoms with Gasteiger partial charge in [0.2, 0.25) is 0 Å². The molecule has 0 bridgehead atoms. The minimum absolute atomic E-state index is 0.0791. The van der Waals surface area contributed by atoms with Crippen LogP contribution in [0.15, 0.2) is 33.8 Å². The predicted octanol–water partition coefficient (Wildman–Crippen LogP) is 3.08. The van der Waals surface area contributed by atoms with E-state index >= 15 is 0 Å². The second-order valence-electron chi connectivity index (χ2n) is 2.72. The van der Waals surface area contributed by atoms with Crippen LogP contribution >= 0.6 is 27.7 Å². The van der Waals surface area contributed by atoms with E-state index < -0.39 is 0 Å². The van der Waals surface area contributed by atoms with E-state index in [0.717, 1.165) is 10.2 Å². The lowest BCUT2D eigenvalue weighted by Crippen LogP contribution is -2.08. The summed E-state index contributed by atoms with van der Waals surface area (Å²) in [4.78, 5) is 0. The molecule has 2 N–H and O–H groups in total. The number of rotatable bonds is 3. The Morgan fingerprint density at radius 3 is 2.62 bits per heavy atom. The van der Waals surface area contributed by atoms with Gasteiger partial charge in [-0.2, -0.15) is 10.4 Å². The van der Waals surface area contributed by atoms with Crippen LogP contribution < -0.4 is 5.43 Å². The monoisotopic (exact) mass is 296 g/mol. The van der Waals surface area contributed by atoms with Crippen LogP contribution in [-0.2, 0) is 0 Å². The van der Waals surface area contributed by atoms with Gasteiger partial charge in [0.25, 0.3) is 0 Å². The topological polar surface area (TPSA) is 72.0 Å². The van der Waals surface area contributed by atoms with Gasteiger partial charge in [0.1, 0.15) is 11.1 Å². The summed E-state index contributed by atoms with van der Waals surface area (Å²) < 4.78 is 0.972. The summed E-state index contributed by atoms with van der Waals surface area (Å²) in [5.74, 6) is 0. The molecule has 4 nitrogen and oxygen atoms in total. The standard InChI is InChI=1S/C10H9BrN4S/c1-16-10(13)9(6-12)15-14-8-4-2-7(11)3-5-8/h2-5,13-14H,1H3. The number of nitriles is 1. The molecule has 82 valence electrons. The van der Waals surface area contributed by atoms with E-state index in [2.05, 4.69) is 26.5 Å². The van der Waals surface area contributed by atoms with Crippen molar-refractivity contribution in [2.45, 2.75) is 0 Å². The van der Waals surface area contributed by atoms with Crippen LogP contribution in [0.4, 0.5) is 5.69 Å². The van der Waals surface area contributed by atoms with E-state index in [9.17, 15) is 0 Å². The molecule has 0 aliphatic rings. The van der Waals surface area contributed by atoms with Gasteiger partial charge in [-0.15, -0.1) is 11.8 Å². The number of anilines is 1. The maximum Gasteiger partial charge on any atom is 0.192 e. The molecule has 0 heterocycles. The molecular weight excluding hydrogens is 288 g/mol. The van der Waals surface area contributed by atoms with Gasteiger partial charge in [0, 0.05) is 4.47 Å². The molecule has 0 spiro atoms. The molecular formula is C10H9BrN4S. The van der Waals surface area contributed by atoms with Gasteiger partial charge in [-0.25, -0.2) is 0 Å². The smallest absolute Gasteiger partial charge is 0.192 e. The number of thioether (sulfide) groups is 1. The van der Waals surface area contributed by atoms with Gasteiger partial charge in [0.05, 0.1) is 5.69 Å². The van der Waals surface area contributed by atoms with E-state index in [0.29, 0.717) is 0 Å². The summed E-state index contributed by atoms with van der Waals surface area (Å²) in [5.41, 5.74) is 3.58. The molecule has 0 aliphatic carbocycles. The Hall–Kier alpha value is -1.32. The first-order chi connectivity index (χ1) is 7.67. The summed E-state index contributed by atoms with van der Waals surface area (Å²) >= 11 is 4.50. The van der Waals surface area contributed by atoms with Crippen LogP contribution in [0.1, 0.15) is 0 Å². The average molecular weight is 297 g/mol. The zero-order valence-electron chi connectivity index (χ0n) is 8.49. The second-order valence-corrected chi connectivity index (χ2v) is 4.46. The van der Waals surface area contributed by atoms with Crippen LogP contribution in [-0.4, -0.2) is 17.0 Å². The van der Waals surface area contributed by atoms with Crippen molar-refractivity contribution in [3.8, 4) is 6.07 Å². The molecule has 16 heavy (non-hydrogen) atoms. The number of benzene rings is 1. The average Bonchev–Trinajstić information content (AvgIpc) is 2.31. The van der Waals surface area contributed by atoms with Gasteiger partial charge in [-0.3, -0.25) is 10.8 Å². The van der Waals surface area contributed by atoms with Crippen LogP contribution in [0.3, 0.4) is 0 Å². The molecule has 0 aliphatic heterocycles. The van der Waals surface area contributed by atoms with Gasteiger partial charge >= 0.3 is 0 Å². The minimum Gasteiger partial charge on any atom is -0.291 e. The van der Waals surface area contributed by atoms with Crippen LogP contribution in [0.2, 0.25) is 0 Å². The van der Waals surface area contributed by atoms with Gasteiger partial charge < -0.3 is 0 Å². The highest BCUT2D eigenvalue weighted by molar-refractivity contribution is 9.10. The Morgan fingerprint density at radius 1 is 1.50 bits per heavy atom. The zero-order chi connectivity index (χ0) is 12.0. The normalized spacial score (nSPS) is 10.7. The van der Waals surface area contributed by atoms with E-state index in [1.165, 1.54) is 11.8 Å². The van der Waals surface area contributed by atoms with Gasteiger partial charge in [0.15, 0.2) is 5.71 Å². The summed E-state index contributed by atoms with van der Waals surface area (Å²) in [7, 11) is 0. The zero-order valence-corrected chi connectivity index (χ0v) is 10.9. The lowest BCUT2D eigenvalue weighted by Gasteiger charge is -2.01. The largest absolute Gasteiger partial charge is 0.291 e. The fourth-order valence-corrected chi connectivity index (χ4v) is 1.42. The minimum atomic E-state index is 0.0791. The van der Waals surface area contributed by atoms with Crippen molar-refractivity contribution in [1.29, 1.82) is 10.7 Å². The first kappa shape index (κ1) is 12.7. The van der Waals surface area contributed by atoms with Crippen LogP contribution in [0, 0.1) is 16.7 Å². The number of halogens is 1. The molecule has 0 unspecified atom stereocenters. The Morgan fingerprint density at radius 2 is 2.12 bits per heavy atom. The number of hydrogen-bond donors (Lipinski definition) is 2. The maximum absolute atomic E-state index is 8.77. The van der Waals surface area contributed by atoms with Crippen LogP contribution in [0.25, 0.3) is 0 Å². The third kappa shape index (κ3) is 3.68. The van der Waals surface area contributed by atoms with Crippen molar-refractivity contribution in [2.75, 3.05) is 11.7 Å². The fourth-order valence-electron chi connectivity index (χ4n) is 0.868. The van der Waals surface area contributed by atoms with Crippen molar-refractivity contribution in [1.82, 2.24) is 0 Å². The summed E-state index contributed by atoms with van der Waals surface area (Å²) in [5, 5.41) is 20.2. The highest BCUT2D eigenvalue weighted by Gasteiger charge is 2.04. The first-order valence-corrected chi connectivity index (χ1v) is 6.31.